The molecule has 1 atom stereocenters. The second-order valence-electron chi connectivity index (χ2n) is 8.13. The van der Waals surface area contributed by atoms with E-state index in [1.54, 1.807) is 0 Å². The second kappa shape index (κ2) is 9.20. The molecule has 2 aliphatic heterocycles. The third kappa shape index (κ3) is 4.60. The SMILES string of the molecule is C[C@H]1CCCCN1C(=O)CSc1nc2ccccc2n1CC(=O)N1CCCCC1. The number of hydrogen-bond donors (Lipinski definition) is 0. The number of fused-ring (bicyclic) bond motifs is 1. The molecule has 0 spiro atoms. The van der Waals surface area contributed by atoms with Crippen LogP contribution in [0.3, 0.4) is 0 Å². The molecule has 0 N–H and O–H groups in total. The standard InChI is InChI=1S/C22H30N4O2S/c1-17-9-5-8-14-25(17)21(28)16-29-22-23-18-10-3-4-11-19(18)26(22)15-20(27)24-12-6-2-7-13-24/h3-4,10-11,17H,2,5-9,12-16H2,1H3/t17-/m0/s1. The molecule has 0 radical (unpaired) electrons. The van der Waals surface area contributed by atoms with Gasteiger partial charge in [-0.1, -0.05) is 23.9 Å². The van der Waals surface area contributed by atoms with Crippen molar-refractivity contribution in [1.82, 2.24) is 19.4 Å². The van der Waals surface area contributed by atoms with Crippen molar-refractivity contribution in [2.24, 2.45) is 0 Å². The van der Waals surface area contributed by atoms with E-state index in [1.807, 2.05) is 38.6 Å². The Balaban J connectivity index is 1.50. The third-order valence-electron chi connectivity index (χ3n) is 6.07. The van der Waals surface area contributed by atoms with Crippen LogP contribution >= 0.6 is 11.8 Å². The lowest BCUT2D eigenvalue weighted by molar-refractivity contribution is -0.133. The number of piperidine rings is 2. The predicted molar refractivity (Wildman–Crippen MR) is 116 cm³/mol. The molecule has 2 aromatic rings. The van der Waals surface area contributed by atoms with E-state index in [-0.39, 0.29) is 18.4 Å². The average Bonchev–Trinajstić information content (AvgIpc) is 3.10. The van der Waals surface area contributed by atoms with Crippen LogP contribution in [0.15, 0.2) is 29.4 Å². The van der Waals surface area contributed by atoms with Gasteiger partial charge in [-0.2, -0.15) is 0 Å². The van der Waals surface area contributed by atoms with E-state index in [4.69, 9.17) is 4.98 Å². The third-order valence-corrected chi connectivity index (χ3v) is 7.03. The van der Waals surface area contributed by atoms with Crippen LogP contribution in [0.5, 0.6) is 0 Å². The molecule has 2 fully saturated rings. The predicted octanol–water partition coefficient (Wildman–Crippen LogP) is 3.54. The summed E-state index contributed by atoms with van der Waals surface area (Å²) in [6.07, 6.45) is 6.74. The number of benzene rings is 1. The summed E-state index contributed by atoms with van der Waals surface area (Å²) < 4.78 is 1.99. The molecule has 0 saturated carbocycles. The lowest BCUT2D eigenvalue weighted by atomic mass is 10.0. The minimum atomic E-state index is 0.144. The normalized spacial score (nSPS) is 20.2. The summed E-state index contributed by atoms with van der Waals surface area (Å²) in [4.78, 5) is 34.4. The van der Waals surface area contributed by atoms with Gasteiger partial charge in [0, 0.05) is 25.7 Å². The van der Waals surface area contributed by atoms with E-state index < -0.39 is 0 Å². The molecule has 2 saturated heterocycles. The summed E-state index contributed by atoms with van der Waals surface area (Å²) in [5.41, 5.74) is 1.83. The monoisotopic (exact) mass is 414 g/mol. The zero-order valence-corrected chi connectivity index (χ0v) is 18.0. The van der Waals surface area contributed by atoms with Gasteiger partial charge < -0.3 is 14.4 Å². The van der Waals surface area contributed by atoms with Crippen molar-refractivity contribution in [2.45, 2.75) is 63.2 Å². The number of thioether (sulfide) groups is 1. The number of aromatic nitrogens is 2. The Morgan fingerprint density at radius 3 is 2.59 bits per heavy atom. The van der Waals surface area contributed by atoms with Gasteiger partial charge in [-0.3, -0.25) is 9.59 Å². The molecule has 0 bridgehead atoms. The Morgan fingerprint density at radius 1 is 1.03 bits per heavy atom. The van der Waals surface area contributed by atoms with Gasteiger partial charge in [-0.15, -0.1) is 0 Å². The van der Waals surface area contributed by atoms with Crippen molar-refractivity contribution in [2.75, 3.05) is 25.4 Å². The number of likely N-dealkylation sites (tertiary alicyclic amines) is 2. The lowest BCUT2D eigenvalue weighted by Gasteiger charge is -2.33. The number of para-hydroxylation sites is 2. The highest BCUT2D eigenvalue weighted by atomic mass is 32.2. The van der Waals surface area contributed by atoms with Crippen molar-refractivity contribution in [1.29, 1.82) is 0 Å². The zero-order valence-electron chi connectivity index (χ0n) is 17.2. The van der Waals surface area contributed by atoms with Crippen molar-refractivity contribution in [3.63, 3.8) is 0 Å². The largest absolute Gasteiger partial charge is 0.341 e. The Hall–Kier alpha value is -2.02. The first kappa shape index (κ1) is 20.3. The van der Waals surface area contributed by atoms with E-state index >= 15 is 0 Å². The van der Waals surface area contributed by atoms with Crippen LogP contribution in [0.1, 0.15) is 45.4 Å². The molecular formula is C22H30N4O2S. The fourth-order valence-electron chi connectivity index (χ4n) is 4.37. The van der Waals surface area contributed by atoms with Crippen molar-refractivity contribution >= 4 is 34.6 Å². The van der Waals surface area contributed by atoms with E-state index in [2.05, 4.69) is 6.92 Å². The van der Waals surface area contributed by atoms with Crippen LogP contribution in [-0.2, 0) is 16.1 Å². The number of amides is 2. The highest BCUT2D eigenvalue weighted by molar-refractivity contribution is 7.99. The first-order valence-electron chi connectivity index (χ1n) is 10.8. The molecular weight excluding hydrogens is 384 g/mol. The summed E-state index contributed by atoms with van der Waals surface area (Å²) >= 11 is 1.46. The minimum absolute atomic E-state index is 0.144. The van der Waals surface area contributed by atoms with E-state index in [0.29, 0.717) is 11.8 Å². The van der Waals surface area contributed by atoms with Crippen molar-refractivity contribution in [3.8, 4) is 0 Å². The number of nitrogens with zero attached hydrogens (tertiary/aromatic N) is 4. The van der Waals surface area contributed by atoms with Gasteiger partial charge in [-0.05, 0) is 57.6 Å². The number of hydrogen-bond acceptors (Lipinski definition) is 4. The van der Waals surface area contributed by atoms with Crippen LogP contribution in [0.4, 0.5) is 0 Å². The lowest BCUT2D eigenvalue weighted by Crippen LogP contribution is -2.43. The highest BCUT2D eigenvalue weighted by Gasteiger charge is 2.25. The Bertz CT molecular complexity index is 875. The van der Waals surface area contributed by atoms with Gasteiger partial charge in [0.2, 0.25) is 11.8 Å². The molecule has 3 heterocycles. The average molecular weight is 415 g/mol. The molecule has 4 rings (SSSR count). The molecule has 6 nitrogen and oxygen atoms in total. The zero-order chi connectivity index (χ0) is 20.2. The molecule has 1 aromatic heterocycles. The maximum Gasteiger partial charge on any atom is 0.242 e. The molecule has 156 valence electrons. The Labute approximate surface area is 176 Å². The number of imidazole rings is 1. The smallest absolute Gasteiger partial charge is 0.242 e. The van der Waals surface area contributed by atoms with Gasteiger partial charge in [0.15, 0.2) is 5.16 Å². The second-order valence-corrected chi connectivity index (χ2v) is 9.07. The van der Waals surface area contributed by atoms with Gasteiger partial charge in [0.25, 0.3) is 0 Å². The van der Waals surface area contributed by atoms with Crippen molar-refractivity contribution in [3.05, 3.63) is 24.3 Å². The fourth-order valence-corrected chi connectivity index (χ4v) is 5.27. The molecule has 29 heavy (non-hydrogen) atoms. The number of rotatable bonds is 5. The first-order chi connectivity index (χ1) is 14.1. The van der Waals surface area contributed by atoms with Crippen molar-refractivity contribution < 1.29 is 9.59 Å². The van der Waals surface area contributed by atoms with Gasteiger partial charge >= 0.3 is 0 Å². The number of carbonyl (C=O) groups is 2. The topological polar surface area (TPSA) is 58.4 Å². The van der Waals surface area contributed by atoms with Crippen LogP contribution < -0.4 is 0 Å². The van der Waals surface area contributed by atoms with Gasteiger partial charge in [0.1, 0.15) is 6.54 Å². The Kier molecular flexibility index (Phi) is 6.43. The Morgan fingerprint density at radius 2 is 1.79 bits per heavy atom. The van der Waals surface area contributed by atoms with E-state index in [1.165, 1.54) is 24.6 Å². The van der Waals surface area contributed by atoms with E-state index in [0.717, 1.165) is 61.5 Å². The molecule has 2 amide bonds. The molecule has 0 unspecified atom stereocenters. The van der Waals surface area contributed by atoms with Crippen LogP contribution in [0.25, 0.3) is 11.0 Å². The maximum absolute atomic E-state index is 12.9. The van der Waals surface area contributed by atoms with Gasteiger partial charge in [0.05, 0.1) is 16.8 Å². The van der Waals surface area contributed by atoms with Crippen LogP contribution in [-0.4, -0.2) is 62.6 Å². The van der Waals surface area contributed by atoms with Crippen LogP contribution in [0, 0.1) is 0 Å². The first-order valence-corrected chi connectivity index (χ1v) is 11.8. The molecule has 2 aliphatic rings. The summed E-state index contributed by atoms with van der Waals surface area (Å²) in [6, 6.07) is 8.22. The highest BCUT2D eigenvalue weighted by Crippen LogP contribution is 2.26. The van der Waals surface area contributed by atoms with Crippen LogP contribution in [0.2, 0.25) is 0 Å². The molecule has 1 aromatic carbocycles. The summed E-state index contributed by atoms with van der Waals surface area (Å²) in [5.74, 6) is 0.680. The minimum Gasteiger partial charge on any atom is -0.341 e. The summed E-state index contributed by atoms with van der Waals surface area (Å²) in [6.45, 7) is 4.97. The van der Waals surface area contributed by atoms with E-state index in [9.17, 15) is 9.59 Å². The summed E-state index contributed by atoms with van der Waals surface area (Å²) in [7, 11) is 0. The maximum atomic E-state index is 12.9. The fraction of sp³-hybridized carbons (Fsp3) is 0.591. The van der Waals surface area contributed by atoms with Gasteiger partial charge in [-0.25, -0.2) is 4.98 Å². The molecule has 0 aliphatic carbocycles. The summed E-state index contributed by atoms with van der Waals surface area (Å²) in [5, 5.41) is 0.759. The molecule has 7 heteroatoms. The quantitative estimate of drug-likeness (QED) is 0.702. The number of carbonyl (C=O) groups excluding carboxylic acids is 2.